The van der Waals surface area contributed by atoms with E-state index in [0.29, 0.717) is 5.82 Å². The number of aromatic nitrogens is 5. The number of aliphatic hydroxyl groups is 2. The molecule has 15 nitrogen and oxygen atoms in total. The highest BCUT2D eigenvalue weighted by atomic mass is 35.5. The number of hydrogen-bond acceptors (Lipinski definition) is 11. The van der Waals surface area contributed by atoms with E-state index in [1.54, 1.807) is 7.05 Å². The number of ether oxygens (including phenoxy) is 1. The third-order valence-corrected chi connectivity index (χ3v) is 10.5. The molecule has 20 heteroatoms. The van der Waals surface area contributed by atoms with E-state index in [0.717, 1.165) is 23.1 Å². The molecule has 1 saturated heterocycles. The van der Waals surface area contributed by atoms with E-state index < -0.39 is 51.7 Å². The molecule has 2 aromatic heterocycles. The van der Waals surface area contributed by atoms with Crippen molar-refractivity contribution in [1.82, 2.24) is 25.0 Å². The van der Waals surface area contributed by atoms with Crippen LogP contribution in [0, 0.1) is 0 Å². The fourth-order valence-corrected chi connectivity index (χ4v) is 6.93. The molecule has 1 fully saturated rings. The standard InChI is InChI=1S/C20H23ClF2N6O9P2/c1-28(11-7-6-9-4-2-3-5-10(9)11)16-13-17(25-19(21)24-16)29(27-26-13)18-15(31)14(30)12(38-18)8-37-40(35,36)20(22,23)39(32,33)34/h2-5,11-12,14-15,18,30-31H,6-8H2,1H3,(H,35,36)(H2,32,33,34)/t11-,12-,14-,15-,18-/m1/s1. The number of benzene rings is 1. The van der Waals surface area contributed by atoms with E-state index in [4.69, 9.17) is 26.1 Å². The molecule has 0 bridgehead atoms. The zero-order valence-electron chi connectivity index (χ0n) is 20.4. The number of aryl methyl sites for hydroxylation is 1. The van der Waals surface area contributed by atoms with Crippen LogP contribution in [0.5, 0.6) is 0 Å². The molecule has 1 aromatic carbocycles. The van der Waals surface area contributed by atoms with Crippen LogP contribution in [-0.4, -0.2) is 87.2 Å². The summed E-state index contributed by atoms with van der Waals surface area (Å²) in [6, 6.07) is 7.86. The molecular formula is C20H23ClF2N6O9P2. The average molecular weight is 627 g/mol. The Morgan fingerprint density at radius 2 is 1.90 bits per heavy atom. The molecule has 3 heterocycles. The number of fused-ring (bicyclic) bond motifs is 2. The van der Waals surface area contributed by atoms with Gasteiger partial charge in [0, 0.05) is 7.05 Å². The van der Waals surface area contributed by atoms with Crippen molar-refractivity contribution in [2.45, 2.75) is 48.8 Å². The largest absolute Gasteiger partial charge is 0.443 e. The molecule has 0 amide bonds. The number of rotatable bonds is 8. The Kier molecular flexibility index (Phi) is 7.53. The molecule has 218 valence electrons. The highest BCUT2D eigenvalue weighted by Gasteiger charge is 2.65. The van der Waals surface area contributed by atoms with Crippen molar-refractivity contribution in [3.8, 4) is 0 Å². The maximum Gasteiger partial charge on any atom is 0.443 e. The van der Waals surface area contributed by atoms with E-state index in [-0.39, 0.29) is 22.5 Å². The number of anilines is 1. The maximum atomic E-state index is 13.8. The summed E-state index contributed by atoms with van der Waals surface area (Å²) in [7, 11) is -10.8. The van der Waals surface area contributed by atoms with Gasteiger partial charge in [-0.25, -0.2) is 0 Å². The normalized spacial score (nSPS) is 26.7. The maximum absolute atomic E-state index is 13.8. The van der Waals surface area contributed by atoms with Gasteiger partial charge in [0.05, 0.1) is 12.6 Å². The minimum atomic E-state index is -6.38. The summed E-state index contributed by atoms with van der Waals surface area (Å²) in [5, 5.41) is 23.4. The van der Waals surface area contributed by atoms with Crippen molar-refractivity contribution in [3.63, 3.8) is 0 Å². The Morgan fingerprint density at radius 1 is 1.20 bits per heavy atom. The molecule has 2 aliphatic rings. The van der Waals surface area contributed by atoms with Crippen LogP contribution in [0.3, 0.4) is 0 Å². The van der Waals surface area contributed by atoms with Crippen molar-refractivity contribution in [2.24, 2.45) is 0 Å². The first kappa shape index (κ1) is 29.3. The van der Waals surface area contributed by atoms with Crippen LogP contribution in [0.15, 0.2) is 24.3 Å². The molecule has 1 aliphatic heterocycles. The highest BCUT2D eigenvalue weighted by molar-refractivity contribution is 7.72. The SMILES string of the molecule is CN(c1nc(Cl)nc2c1nnn2[C@@H]1O[C@H](COP(=O)(O)C(F)(F)P(=O)(O)O)[C@@H](O)[C@H]1O)[C@@H]1CCc2ccccc21. The molecule has 0 radical (unpaired) electrons. The molecule has 5 N–H and O–H groups in total. The zero-order chi connectivity index (χ0) is 29.2. The van der Waals surface area contributed by atoms with Gasteiger partial charge in [-0.1, -0.05) is 29.5 Å². The fraction of sp³-hybridized carbons (Fsp3) is 0.500. The van der Waals surface area contributed by atoms with Gasteiger partial charge in [0.1, 0.15) is 18.3 Å². The number of nitrogens with zero attached hydrogens (tertiary/aromatic N) is 6. The second kappa shape index (κ2) is 10.3. The monoisotopic (exact) mass is 626 g/mol. The van der Waals surface area contributed by atoms with Gasteiger partial charge < -0.3 is 39.1 Å². The number of halogens is 3. The summed E-state index contributed by atoms with van der Waals surface area (Å²) >= 11 is 6.20. The molecule has 5 rings (SSSR count). The number of hydrogen-bond donors (Lipinski definition) is 5. The quantitative estimate of drug-likeness (QED) is 0.177. The first-order valence-corrected chi connectivity index (χ1v) is 15.2. The second-order valence-electron chi connectivity index (χ2n) is 9.30. The van der Waals surface area contributed by atoms with Crippen LogP contribution >= 0.6 is 26.8 Å². The van der Waals surface area contributed by atoms with E-state index in [1.807, 2.05) is 29.2 Å². The molecule has 1 aliphatic carbocycles. The summed E-state index contributed by atoms with van der Waals surface area (Å²) in [5.41, 5.74) is 2.45. The minimum absolute atomic E-state index is 0.00758. The summed E-state index contributed by atoms with van der Waals surface area (Å²) in [4.78, 5) is 37.2. The third kappa shape index (κ3) is 4.83. The summed E-state index contributed by atoms with van der Waals surface area (Å²) in [6.45, 7) is -1.24. The molecule has 0 saturated carbocycles. The lowest BCUT2D eigenvalue weighted by Gasteiger charge is -2.26. The second-order valence-corrected chi connectivity index (χ2v) is 13.5. The Balaban J connectivity index is 1.40. The van der Waals surface area contributed by atoms with Gasteiger partial charge in [-0.05, 0) is 35.6 Å². The van der Waals surface area contributed by atoms with Gasteiger partial charge in [-0.15, -0.1) is 5.10 Å². The first-order chi connectivity index (χ1) is 18.6. The van der Waals surface area contributed by atoms with Gasteiger partial charge in [0.25, 0.3) is 0 Å². The van der Waals surface area contributed by atoms with Crippen LogP contribution in [0.1, 0.15) is 29.8 Å². The van der Waals surface area contributed by atoms with Crippen molar-refractivity contribution >= 4 is 43.8 Å². The van der Waals surface area contributed by atoms with Crippen molar-refractivity contribution in [3.05, 3.63) is 40.7 Å². The minimum Gasteiger partial charge on any atom is -0.387 e. The van der Waals surface area contributed by atoms with Gasteiger partial charge in [-0.3, -0.25) is 9.13 Å². The van der Waals surface area contributed by atoms with E-state index >= 15 is 0 Å². The topological polar surface area (TPSA) is 213 Å². The van der Waals surface area contributed by atoms with Crippen LogP contribution < -0.4 is 4.90 Å². The lowest BCUT2D eigenvalue weighted by molar-refractivity contribution is -0.0570. The van der Waals surface area contributed by atoms with Crippen molar-refractivity contribution in [1.29, 1.82) is 0 Å². The molecule has 6 atom stereocenters. The third-order valence-electron chi connectivity index (χ3n) is 6.86. The molecule has 40 heavy (non-hydrogen) atoms. The Morgan fingerprint density at radius 3 is 2.60 bits per heavy atom. The predicted molar refractivity (Wildman–Crippen MR) is 133 cm³/mol. The van der Waals surface area contributed by atoms with Crippen molar-refractivity contribution in [2.75, 3.05) is 18.6 Å². The van der Waals surface area contributed by atoms with E-state index in [1.165, 1.54) is 5.56 Å². The Bertz CT molecular complexity index is 1540. The number of alkyl halides is 2. The van der Waals surface area contributed by atoms with Gasteiger partial charge in [0.2, 0.25) is 5.28 Å². The van der Waals surface area contributed by atoms with Crippen LogP contribution in [-0.2, 0) is 24.8 Å². The van der Waals surface area contributed by atoms with Crippen LogP contribution in [0.4, 0.5) is 14.6 Å². The molecule has 1 unspecified atom stereocenters. The van der Waals surface area contributed by atoms with E-state index in [9.17, 15) is 33.0 Å². The number of aliphatic hydroxyl groups excluding tert-OH is 2. The lowest BCUT2D eigenvalue weighted by atomic mass is 10.1. The lowest BCUT2D eigenvalue weighted by Crippen LogP contribution is -2.34. The molecular weight excluding hydrogens is 604 g/mol. The van der Waals surface area contributed by atoms with Crippen LogP contribution in [0.25, 0.3) is 11.2 Å². The smallest absolute Gasteiger partial charge is 0.387 e. The van der Waals surface area contributed by atoms with Gasteiger partial charge in [-0.2, -0.15) is 23.4 Å². The predicted octanol–water partition coefficient (Wildman–Crippen LogP) is 1.55. The summed E-state index contributed by atoms with van der Waals surface area (Å²) in [5.74, 6) is 0.316. The summed E-state index contributed by atoms with van der Waals surface area (Å²) < 4.78 is 61.0. The molecule has 3 aromatic rings. The fourth-order valence-electron chi connectivity index (χ4n) is 4.78. The Hall–Kier alpha value is -2.17. The summed E-state index contributed by atoms with van der Waals surface area (Å²) in [6.07, 6.45) is -5.23. The van der Waals surface area contributed by atoms with E-state index in [2.05, 4.69) is 24.8 Å². The Labute approximate surface area is 229 Å². The zero-order valence-corrected chi connectivity index (χ0v) is 22.9. The van der Waals surface area contributed by atoms with Crippen LogP contribution in [0.2, 0.25) is 5.28 Å². The molecule has 0 spiro atoms. The van der Waals surface area contributed by atoms with Gasteiger partial charge in [0.15, 0.2) is 23.2 Å². The van der Waals surface area contributed by atoms with Crippen molar-refractivity contribution < 1.29 is 52.1 Å². The first-order valence-electron chi connectivity index (χ1n) is 11.7. The van der Waals surface area contributed by atoms with Gasteiger partial charge >= 0.3 is 20.6 Å². The average Bonchev–Trinajstić information content (AvgIpc) is 3.57. The highest BCUT2D eigenvalue weighted by Crippen LogP contribution is 2.73.